The molecule has 5 heterocycles. The molecule has 0 amide bonds. The van der Waals surface area contributed by atoms with Crippen LogP contribution in [0.3, 0.4) is 0 Å². The molecule has 3 saturated heterocycles. The van der Waals surface area contributed by atoms with Gasteiger partial charge in [-0.2, -0.15) is 0 Å². The summed E-state index contributed by atoms with van der Waals surface area (Å²) >= 11 is 0. The van der Waals surface area contributed by atoms with E-state index in [0.717, 1.165) is 44.5 Å². The molecule has 0 spiro atoms. The summed E-state index contributed by atoms with van der Waals surface area (Å²) < 4.78 is 0. The van der Waals surface area contributed by atoms with E-state index >= 15 is 0 Å². The van der Waals surface area contributed by atoms with Crippen LogP contribution in [-0.2, 0) is 13.1 Å². The first-order valence-corrected chi connectivity index (χ1v) is 10.2. The fourth-order valence-corrected chi connectivity index (χ4v) is 4.34. The van der Waals surface area contributed by atoms with E-state index in [1.54, 1.807) is 0 Å². The van der Waals surface area contributed by atoms with Gasteiger partial charge in [0.25, 0.3) is 0 Å². The molecule has 144 valence electrons. The summed E-state index contributed by atoms with van der Waals surface area (Å²) in [5.41, 5.74) is 2.58. The highest BCUT2D eigenvalue weighted by Gasteiger charge is 2.34. The number of nitrogens with zero attached hydrogens (tertiary/aromatic N) is 5. The normalized spacial score (nSPS) is 23.3. The SMILES string of the molecule is CCCNc1ncc(CN2C[C@H]3CC[C@@H]2CN(Cc2ccncc2)C3)cn1. The average molecular weight is 367 g/mol. The summed E-state index contributed by atoms with van der Waals surface area (Å²) in [7, 11) is 0. The Labute approximate surface area is 162 Å². The Bertz CT molecular complexity index is 704. The van der Waals surface area contributed by atoms with Crippen molar-refractivity contribution in [2.45, 2.75) is 45.3 Å². The van der Waals surface area contributed by atoms with Gasteiger partial charge >= 0.3 is 0 Å². The molecule has 0 aliphatic carbocycles. The first-order chi connectivity index (χ1) is 13.3. The molecule has 27 heavy (non-hydrogen) atoms. The van der Waals surface area contributed by atoms with E-state index < -0.39 is 0 Å². The van der Waals surface area contributed by atoms with Gasteiger partial charge in [0.2, 0.25) is 5.95 Å². The number of piperidine rings is 1. The monoisotopic (exact) mass is 366 g/mol. The summed E-state index contributed by atoms with van der Waals surface area (Å²) in [6.45, 7) is 8.59. The molecule has 3 fully saturated rings. The summed E-state index contributed by atoms with van der Waals surface area (Å²) in [4.78, 5) is 18.4. The minimum Gasteiger partial charge on any atom is -0.354 e. The zero-order valence-electron chi connectivity index (χ0n) is 16.2. The lowest BCUT2D eigenvalue weighted by molar-refractivity contribution is 0.123. The van der Waals surface area contributed by atoms with Crippen LogP contribution in [0.15, 0.2) is 36.9 Å². The van der Waals surface area contributed by atoms with E-state index in [1.807, 2.05) is 24.8 Å². The molecule has 3 aliphatic heterocycles. The Morgan fingerprint density at radius 1 is 1.00 bits per heavy atom. The van der Waals surface area contributed by atoms with Gasteiger partial charge in [-0.1, -0.05) is 6.92 Å². The van der Waals surface area contributed by atoms with Crippen molar-refractivity contribution in [1.82, 2.24) is 24.8 Å². The van der Waals surface area contributed by atoms with Gasteiger partial charge in [-0.15, -0.1) is 0 Å². The Hall–Kier alpha value is -2.05. The van der Waals surface area contributed by atoms with Crippen LogP contribution < -0.4 is 5.32 Å². The third kappa shape index (κ3) is 4.82. The molecule has 2 bridgehead atoms. The number of rotatable bonds is 7. The fourth-order valence-electron chi connectivity index (χ4n) is 4.34. The lowest BCUT2D eigenvalue weighted by Gasteiger charge is -2.36. The molecule has 0 aromatic carbocycles. The number of anilines is 1. The molecule has 6 heteroatoms. The molecule has 1 N–H and O–H groups in total. The predicted octanol–water partition coefficient (Wildman–Crippen LogP) is 2.79. The zero-order valence-corrected chi connectivity index (χ0v) is 16.2. The Morgan fingerprint density at radius 3 is 2.59 bits per heavy atom. The molecule has 3 aliphatic rings. The summed E-state index contributed by atoms with van der Waals surface area (Å²) in [5.74, 6) is 1.50. The van der Waals surface area contributed by atoms with Crippen molar-refractivity contribution in [3.05, 3.63) is 48.0 Å². The van der Waals surface area contributed by atoms with Crippen molar-refractivity contribution >= 4 is 5.95 Å². The third-order valence-corrected chi connectivity index (χ3v) is 5.68. The van der Waals surface area contributed by atoms with E-state index in [2.05, 4.69) is 49.1 Å². The van der Waals surface area contributed by atoms with Crippen molar-refractivity contribution in [1.29, 1.82) is 0 Å². The largest absolute Gasteiger partial charge is 0.354 e. The maximum absolute atomic E-state index is 4.47. The summed E-state index contributed by atoms with van der Waals surface area (Å²) in [5, 5.41) is 3.24. The average Bonchev–Trinajstić information content (AvgIpc) is 2.99. The van der Waals surface area contributed by atoms with Crippen molar-refractivity contribution in [3.8, 4) is 0 Å². The molecule has 2 aromatic rings. The Morgan fingerprint density at radius 2 is 1.81 bits per heavy atom. The summed E-state index contributed by atoms with van der Waals surface area (Å²) in [6.07, 6.45) is 11.5. The quantitative estimate of drug-likeness (QED) is 0.813. The fraction of sp³-hybridized carbons (Fsp3) is 0.571. The number of hydrogen-bond acceptors (Lipinski definition) is 6. The molecule has 0 unspecified atom stereocenters. The molecule has 0 radical (unpaired) electrons. The smallest absolute Gasteiger partial charge is 0.222 e. The van der Waals surface area contributed by atoms with Gasteiger partial charge in [0, 0.05) is 75.7 Å². The molecule has 5 rings (SSSR count). The molecule has 2 aromatic heterocycles. The van der Waals surface area contributed by atoms with E-state index in [-0.39, 0.29) is 0 Å². The van der Waals surface area contributed by atoms with Gasteiger partial charge in [0.05, 0.1) is 0 Å². The van der Waals surface area contributed by atoms with Gasteiger partial charge in [0.1, 0.15) is 0 Å². The third-order valence-electron chi connectivity index (χ3n) is 5.68. The number of aromatic nitrogens is 3. The maximum atomic E-state index is 4.47. The van der Waals surface area contributed by atoms with E-state index in [1.165, 1.54) is 37.1 Å². The topological polar surface area (TPSA) is 57.2 Å². The minimum atomic E-state index is 0.628. The first-order valence-electron chi connectivity index (χ1n) is 10.2. The second kappa shape index (κ2) is 8.76. The van der Waals surface area contributed by atoms with Crippen molar-refractivity contribution in [3.63, 3.8) is 0 Å². The van der Waals surface area contributed by atoms with Gasteiger partial charge < -0.3 is 5.32 Å². The highest BCUT2D eigenvalue weighted by atomic mass is 15.3. The number of hydrogen-bond donors (Lipinski definition) is 1. The van der Waals surface area contributed by atoms with Crippen LogP contribution in [0.4, 0.5) is 5.95 Å². The van der Waals surface area contributed by atoms with E-state index in [9.17, 15) is 0 Å². The lowest BCUT2D eigenvalue weighted by Crippen LogP contribution is -2.43. The Kier molecular flexibility index (Phi) is 5.94. The highest BCUT2D eigenvalue weighted by Crippen LogP contribution is 2.29. The zero-order chi connectivity index (χ0) is 18.5. The van der Waals surface area contributed by atoms with Gasteiger partial charge in [-0.3, -0.25) is 14.8 Å². The second-order valence-corrected chi connectivity index (χ2v) is 7.92. The molecule has 2 atom stereocenters. The lowest BCUT2D eigenvalue weighted by atomic mass is 9.95. The second-order valence-electron chi connectivity index (χ2n) is 7.92. The summed E-state index contributed by atoms with van der Waals surface area (Å²) in [6, 6.07) is 4.90. The van der Waals surface area contributed by atoms with Crippen LogP contribution in [0.2, 0.25) is 0 Å². The van der Waals surface area contributed by atoms with Crippen LogP contribution in [0.25, 0.3) is 0 Å². The Balaban J connectivity index is 1.37. The van der Waals surface area contributed by atoms with Crippen molar-refractivity contribution in [2.75, 3.05) is 31.5 Å². The molecule has 6 nitrogen and oxygen atoms in total. The van der Waals surface area contributed by atoms with Crippen LogP contribution in [0.5, 0.6) is 0 Å². The van der Waals surface area contributed by atoms with Crippen molar-refractivity contribution < 1.29 is 0 Å². The molecule has 0 saturated carbocycles. The predicted molar refractivity (Wildman–Crippen MR) is 107 cm³/mol. The van der Waals surface area contributed by atoms with E-state index in [0.29, 0.717) is 6.04 Å². The van der Waals surface area contributed by atoms with Gasteiger partial charge in [0.15, 0.2) is 0 Å². The number of pyridine rings is 1. The highest BCUT2D eigenvalue weighted by molar-refractivity contribution is 5.24. The minimum absolute atomic E-state index is 0.628. The van der Waals surface area contributed by atoms with Gasteiger partial charge in [-0.25, -0.2) is 9.97 Å². The number of nitrogens with one attached hydrogen (secondary N) is 1. The van der Waals surface area contributed by atoms with Crippen LogP contribution in [0, 0.1) is 5.92 Å². The molecular formula is C21H30N6. The first kappa shape index (κ1) is 18.3. The van der Waals surface area contributed by atoms with E-state index in [4.69, 9.17) is 0 Å². The standard InChI is InChI=1S/C21H30N6/c1-2-7-23-21-24-10-19(11-25-21)15-27-14-18-3-4-20(27)16-26(13-18)12-17-5-8-22-9-6-17/h5-6,8-11,18,20H,2-4,7,12-16H2,1H3,(H,23,24,25)/t18-,20+/m0/s1. The maximum Gasteiger partial charge on any atom is 0.222 e. The molecular weight excluding hydrogens is 336 g/mol. The van der Waals surface area contributed by atoms with Crippen LogP contribution in [-0.4, -0.2) is 57.0 Å². The van der Waals surface area contributed by atoms with Crippen LogP contribution in [0.1, 0.15) is 37.3 Å². The number of fused-ring (bicyclic) bond motifs is 4. The van der Waals surface area contributed by atoms with Crippen molar-refractivity contribution in [2.24, 2.45) is 5.92 Å². The van der Waals surface area contributed by atoms with Gasteiger partial charge in [-0.05, 0) is 42.9 Å². The van der Waals surface area contributed by atoms with Crippen LogP contribution >= 0.6 is 0 Å².